The normalized spacial score (nSPS) is 11.0. The molecule has 0 aliphatic carbocycles. The van der Waals surface area contributed by atoms with Gasteiger partial charge in [-0.05, 0) is 54.9 Å². The van der Waals surface area contributed by atoms with E-state index in [1.54, 1.807) is 0 Å². The van der Waals surface area contributed by atoms with Gasteiger partial charge in [-0.3, -0.25) is 0 Å². The summed E-state index contributed by atoms with van der Waals surface area (Å²) in [5.74, 6) is 0.879. The maximum absolute atomic E-state index is 8.75. The highest BCUT2D eigenvalue weighted by atomic mass is 79.9. The predicted octanol–water partition coefficient (Wildman–Crippen LogP) is 3.47. The second-order valence-electron chi connectivity index (χ2n) is 4.30. The standard InChI is InChI=1S/C13H19Br2NO2/c1-9(2)18-13-10(8-16-4-3-5-17)6-11(14)7-12(13)15/h6-7,9,16-17H,3-5,8H2,1-2H3. The lowest BCUT2D eigenvalue weighted by Gasteiger charge is -2.17. The first-order chi connectivity index (χ1) is 8.54. The molecule has 3 nitrogen and oxygen atoms in total. The summed E-state index contributed by atoms with van der Waals surface area (Å²) >= 11 is 7.01. The number of aliphatic hydroxyl groups is 1. The lowest BCUT2D eigenvalue weighted by Crippen LogP contribution is -2.17. The van der Waals surface area contributed by atoms with Crippen LogP contribution in [0.15, 0.2) is 21.1 Å². The smallest absolute Gasteiger partial charge is 0.138 e. The Kier molecular flexibility index (Phi) is 7.22. The highest BCUT2D eigenvalue weighted by Gasteiger charge is 2.11. The number of hydrogen-bond acceptors (Lipinski definition) is 3. The molecule has 0 spiro atoms. The van der Waals surface area contributed by atoms with Gasteiger partial charge in [-0.1, -0.05) is 15.9 Å². The third-order valence-electron chi connectivity index (χ3n) is 2.27. The van der Waals surface area contributed by atoms with Crippen LogP contribution in [0.4, 0.5) is 0 Å². The van der Waals surface area contributed by atoms with Gasteiger partial charge in [0.05, 0.1) is 10.6 Å². The zero-order chi connectivity index (χ0) is 13.5. The Hall–Kier alpha value is -0.100. The molecule has 0 bridgehead atoms. The molecular weight excluding hydrogens is 362 g/mol. The molecule has 5 heteroatoms. The molecule has 0 saturated carbocycles. The monoisotopic (exact) mass is 379 g/mol. The van der Waals surface area contributed by atoms with Crippen molar-refractivity contribution in [2.45, 2.75) is 32.9 Å². The zero-order valence-electron chi connectivity index (χ0n) is 10.7. The molecule has 2 N–H and O–H groups in total. The molecule has 102 valence electrons. The third-order valence-corrected chi connectivity index (χ3v) is 3.31. The lowest BCUT2D eigenvalue weighted by atomic mass is 10.2. The minimum absolute atomic E-state index is 0.138. The molecule has 0 aromatic heterocycles. The molecule has 0 heterocycles. The number of halogens is 2. The summed E-state index contributed by atoms with van der Waals surface area (Å²) in [5.41, 5.74) is 1.10. The van der Waals surface area contributed by atoms with Crippen LogP contribution >= 0.6 is 31.9 Å². The Balaban J connectivity index is 2.79. The largest absolute Gasteiger partial charge is 0.489 e. The molecule has 0 aliphatic heterocycles. The Bertz CT molecular complexity index is 383. The molecule has 0 fully saturated rings. The highest BCUT2D eigenvalue weighted by Crippen LogP contribution is 2.33. The van der Waals surface area contributed by atoms with Crippen LogP contribution in [0.2, 0.25) is 0 Å². The van der Waals surface area contributed by atoms with Gasteiger partial charge in [0.25, 0.3) is 0 Å². The van der Waals surface area contributed by atoms with Crippen molar-refractivity contribution in [2.24, 2.45) is 0 Å². The summed E-state index contributed by atoms with van der Waals surface area (Å²) in [7, 11) is 0. The van der Waals surface area contributed by atoms with E-state index in [0.29, 0.717) is 0 Å². The first-order valence-electron chi connectivity index (χ1n) is 6.00. The number of nitrogens with one attached hydrogen (secondary N) is 1. The minimum atomic E-state index is 0.138. The van der Waals surface area contributed by atoms with Gasteiger partial charge in [0, 0.05) is 23.2 Å². The van der Waals surface area contributed by atoms with Crippen molar-refractivity contribution in [3.63, 3.8) is 0 Å². The topological polar surface area (TPSA) is 41.5 Å². The number of ether oxygens (including phenoxy) is 1. The molecule has 1 aromatic carbocycles. The van der Waals surface area contributed by atoms with Gasteiger partial charge in [-0.25, -0.2) is 0 Å². The fourth-order valence-electron chi connectivity index (χ4n) is 1.54. The molecule has 0 aliphatic rings. The first kappa shape index (κ1) is 16.0. The van der Waals surface area contributed by atoms with Crippen LogP contribution in [-0.4, -0.2) is 24.4 Å². The van der Waals surface area contributed by atoms with Gasteiger partial charge in [0.15, 0.2) is 0 Å². The number of rotatable bonds is 7. The maximum atomic E-state index is 8.75. The number of aliphatic hydroxyl groups excluding tert-OH is 1. The summed E-state index contributed by atoms with van der Waals surface area (Å²) < 4.78 is 7.80. The second-order valence-corrected chi connectivity index (χ2v) is 6.07. The molecule has 0 amide bonds. The van der Waals surface area contributed by atoms with Crippen LogP contribution in [0, 0.1) is 0 Å². The SMILES string of the molecule is CC(C)Oc1c(Br)cc(Br)cc1CNCCCO. The van der Waals surface area contributed by atoms with Crippen LogP contribution in [0.3, 0.4) is 0 Å². The maximum Gasteiger partial charge on any atom is 0.138 e. The summed E-state index contributed by atoms with van der Waals surface area (Å²) in [6.07, 6.45) is 0.897. The van der Waals surface area contributed by atoms with Crippen molar-refractivity contribution in [2.75, 3.05) is 13.2 Å². The Morgan fingerprint density at radius 2 is 2.06 bits per heavy atom. The van der Waals surface area contributed by atoms with Gasteiger partial charge in [-0.15, -0.1) is 0 Å². The van der Waals surface area contributed by atoms with Crippen molar-refractivity contribution < 1.29 is 9.84 Å². The van der Waals surface area contributed by atoms with Gasteiger partial charge in [0.2, 0.25) is 0 Å². The molecule has 1 aromatic rings. The molecule has 0 atom stereocenters. The number of hydrogen-bond donors (Lipinski definition) is 2. The van der Waals surface area contributed by atoms with E-state index >= 15 is 0 Å². The minimum Gasteiger partial charge on any atom is -0.489 e. The quantitative estimate of drug-likeness (QED) is 0.711. The predicted molar refractivity (Wildman–Crippen MR) is 81.0 cm³/mol. The van der Waals surface area contributed by atoms with E-state index in [2.05, 4.69) is 43.2 Å². The zero-order valence-corrected chi connectivity index (χ0v) is 13.8. The molecular formula is C13H19Br2NO2. The van der Waals surface area contributed by atoms with Crippen LogP contribution in [0.25, 0.3) is 0 Å². The fraction of sp³-hybridized carbons (Fsp3) is 0.538. The fourth-order valence-corrected chi connectivity index (χ4v) is 2.95. The van der Waals surface area contributed by atoms with Crippen molar-refractivity contribution in [1.29, 1.82) is 0 Å². The Labute approximate surface area is 125 Å². The summed E-state index contributed by atoms with van der Waals surface area (Å²) in [6, 6.07) is 4.03. The average molecular weight is 381 g/mol. The highest BCUT2D eigenvalue weighted by molar-refractivity contribution is 9.11. The van der Waals surface area contributed by atoms with Gasteiger partial charge in [0.1, 0.15) is 5.75 Å². The molecule has 0 saturated heterocycles. The molecule has 0 radical (unpaired) electrons. The molecule has 18 heavy (non-hydrogen) atoms. The molecule has 1 rings (SSSR count). The van der Waals surface area contributed by atoms with E-state index < -0.39 is 0 Å². The van der Waals surface area contributed by atoms with E-state index in [4.69, 9.17) is 9.84 Å². The van der Waals surface area contributed by atoms with Crippen molar-refractivity contribution in [1.82, 2.24) is 5.32 Å². The van der Waals surface area contributed by atoms with E-state index in [1.165, 1.54) is 0 Å². The summed E-state index contributed by atoms with van der Waals surface area (Å²) in [6.45, 7) is 5.75. The van der Waals surface area contributed by atoms with Crippen molar-refractivity contribution >= 4 is 31.9 Å². The Morgan fingerprint density at radius 1 is 1.33 bits per heavy atom. The van der Waals surface area contributed by atoms with E-state index in [9.17, 15) is 0 Å². The second kappa shape index (κ2) is 8.15. The Morgan fingerprint density at radius 3 is 2.67 bits per heavy atom. The van der Waals surface area contributed by atoms with Crippen LogP contribution in [0.1, 0.15) is 25.8 Å². The summed E-state index contributed by atoms with van der Waals surface area (Å²) in [5, 5.41) is 12.0. The molecule has 0 unspecified atom stereocenters. The van der Waals surface area contributed by atoms with Gasteiger partial charge in [-0.2, -0.15) is 0 Å². The number of benzene rings is 1. The van der Waals surface area contributed by atoms with Crippen molar-refractivity contribution in [3.8, 4) is 5.75 Å². The van der Waals surface area contributed by atoms with Crippen LogP contribution < -0.4 is 10.1 Å². The summed E-state index contributed by atoms with van der Waals surface area (Å²) in [4.78, 5) is 0. The lowest BCUT2D eigenvalue weighted by molar-refractivity contribution is 0.237. The van der Waals surface area contributed by atoms with E-state index in [-0.39, 0.29) is 12.7 Å². The van der Waals surface area contributed by atoms with Crippen LogP contribution in [0.5, 0.6) is 5.75 Å². The van der Waals surface area contributed by atoms with Crippen molar-refractivity contribution in [3.05, 3.63) is 26.6 Å². The van der Waals surface area contributed by atoms with E-state index in [1.807, 2.05) is 19.9 Å². The van der Waals surface area contributed by atoms with Gasteiger partial charge >= 0.3 is 0 Å². The first-order valence-corrected chi connectivity index (χ1v) is 7.59. The third kappa shape index (κ3) is 5.26. The average Bonchev–Trinajstić information content (AvgIpc) is 2.28. The van der Waals surface area contributed by atoms with E-state index in [0.717, 1.165) is 39.8 Å². The van der Waals surface area contributed by atoms with Gasteiger partial charge < -0.3 is 15.2 Å². The van der Waals surface area contributed by atoms with Crippen LogP contribution in [-0.2, 0) is 6.54 Å².